The van der Waals surface area contributed by atoms with Crippen LogP contribution in [0, 0.1) is 11.6 Å². The summed E-state index contributed by atoms with van der Waals surface area (Å²) in [5.41, 5.74) is 2.91. The monoisotopic (exact) mass is 262 g/mol. The zero-order valence-electron chi connectivity index (χ0n) is 10.9. The van der Waals surface area contributed by atoms with Gasteiger partial charge in [-0.3, -0.25) is 0 Å². The van der Waals surface area contributed by atoms with Gasteiger partial charge in [-0.1, -0.05) is 6.92 Å². The quantitative estimate of drug-likeness (QED) is 0.854. The lowest BCUT2D eigenvalue weighted by Crippen LogP contribution is -2.16. The van der Waals surface area contributed by atoms with Gasteiger partial charge < -0.3 is 5.32 Å². The molecule has 0 unspecified atom stereocenters. The number of fused-ring (bicyclic) bond motifs is 2. The van der Waals surface area contributed by atoms with Crippen LogP contribution in [0.4, 0.5) is 8.78 Å². The SMILES string of the molecule is CCc1c(F)cc(F)c2nc3c(cc12)CCNCC3. The molecule has 0 spiro atoms. The average Bonchev–Trinajstić information content (AvgIpc) is 2.62. The summed E-state index contributed by atoms with van der Waals surface area (Å²) in [7, 11) is 0. The first kappa shape index (κ1) is 12.5. The van der Waals surface area contributed by atoms with Crippen molar-refractivity contribution < 1.29 is 8.78 Å². The average molecular weight is 262 g/mol. The molecule has 1 aromatic heterocycles. The van der Waals surface area contributed by atoms with Crippen LogP contribution < -0.4 is 5.32 Å². The highest BCUT2D eigenvalue weighted by atomic mass is 19.1. The van der Waals surface area contributed by atoms with Crippen LogP contribution in [-0.4, -0.2) is 18.1 Å². The van der Waals surface area contributed by atoms with Gasteiger partial charge in [0.1, 0.15) is 11.3 Å². The predicted molar refractivity (Wildman–Crippen MR) is 71.3 cm³/mol. The fraction of sp³-hybridized carbons (Fsp3) is 0.400. The maximum absolute atomic E-state index is 13.9. The van der Waals surface area contributed by atoms with Crippen LogP contribution in [0.3, 0.4) is 0 Å². The second-order valence-electron chi connectivity index (χ2n) is 4.91. The van der Waals surface area contributed by atoms with E-state index in [-0.39, 0.29) is 0 Å². The molecule has 0 fully saturated rings. The number of aromatic nitrogens is 1. The minimum Gasteiger partial charge on any atom is -0.316 e. The van der Waals surface area contributed by atoms with Crippen LogP contribution in [0.15, 0.2) is 12.1 Å². The first-order valence-electron chi connectivity index (χ1n) is 6.70. The van der Waals surface area contributed by atoms with Crippen LogP contribution in [0.25, 0.3) is 10.9 Å². The highest BCUT2D eigenvalue weighted by molar-refractivity contribution is 5.84. The summed E-state index contributed by atoms with van der Waals surface area (Å²) < 4.78 is 27.7. The van der Waals surface area contributed by atoms with E-state index in [1.807, 2.05) is 13.0 Å². The van der Waals surface area contributed by atoms with Gasteiger partial charge >= 0.3 is 0 Å². The molecule has 0 radical (unpaired) electrons. The number of hydrogen-bond donors (Lipinski definition) is 1. The minimum atomic E-state index is -0.565. The molecule has 2 heterocycles. The third kappa shape index (κ3) is 2.10. The normalized spacial score (nSPS) is 15.3. The van der Waals surface area contributed by atoms with Crippen molar-refractivity contribution in [3.8, 4) is 0 Å². The van der Waals surface area contributed by atoms with E-state index in [0.717, 1.165) is 43.3 Å². The van der Waals surface area contributed by atoms with Crippen molar-refractivity contribution in [3.63, 3.8) is 0 Å². The summed E-state index contributed by atoms with van der Waals surface area (Å²) >= 11 is 0. The van der Waals surface area contributed by atoms with E-state index < -0.39 is 11.6 Å². The molecule has 1 aromatic carbocycles. The highest BCUT2D eigenvalue weighted by Crippen LogP contribution is 2.27. The fourth-order valence-corrected chi connectivity index (χ4v) is 2.75. The fourth-order valence-electron chi connectivity index (χ4n) is 2.75. The molecule has 4 heteroatoms. The van der Waals surface area contributed by atoms with Crippen LogP contribution in [0.5, 0.6) is 0 Å². The summed E-state index contributed by atoms with van der Waals surface area (Å²) in [6, 6.07) is 2.88. The Labute approximate surface area is 110 Å². The molecule has 1 N–H and O–H groups in total. The number of nitrogens with one attached hydrogen (secondary N) is 1. The molecule has 0 atom stereocenters. The van der Waals surface area contributed by atoms with Crippen LogP contribution in [0.1, 0.15) is 23.7 Å². The molecule has 1 aliphatic rings. The highest BCUT2D eigenvalue weighted by Gasteiger charge is 2.16. The molecule has 0 saturated heterocycles. The molecule has 3 rings (SSSR count). The molecule has 1 aliphatic heterocycles. The molecule has 0 bridgehead atoms. The van der Waals surface area contributed by atoms with Gasteiger partial charge in [-0.05, 0) is 36.6 Å². The van der Waals surface area contributed by atoms with Gasteiger partial charge in [-0.2, -0.15) is 0 Å². The lowest BCUT2D eigenvalue weighted by molar-refractivity contribution is 0.580. The van der Waals surface area contributed by atoms with E-state index in [1.54, 1.807) is 0 Å². The molecule has 2 aromatic rings. The molecule has 0 amide bonds. The van der Waals surface area contributed by atoms with Crippen LogP contribution in [0.2, 0.25) is 0 Å². The van der Waals surface area contributed by atoms with Crippen molar-refractivity contribution in [1.82, 2.24) is 10.3 Å². The Kier molecular flexibility index (Phi) is 3.19. The van der Waals surface area contributed by atoms with Gasteiger partial charge in [-0.15, -0.1) is 0 Å². The first-order chi connectivity index (χ1) is 9.20. The maximum Gasteiger partial charge on any atom is 0.152 e. The lowest BCUT2D eigenvalue weighted by Gasteiger charge is -2.11. The zero-order valence-corrected chi connectivity index (χ0v) is 10.9. The Bertz CT molecular complexity index is 638. The number of hydrogen-bond acceptors (Lipinski definition) is 2. The molecule has 0 aliphatic carbocycles. The van der Waals surface area contributed by atoms with Crippen LogP contribution >= 0.6 is 0 Å². The van der Waals surface area contributed by atoms with E-state index in [9.17, 15) is 8.78 Å². The van der Waals surface area contributed by atoms with Gasteiger partial charge in [0.15, 0.2) is 5.82 Å². The Hall–Kier alpha value is -1.55. The van der Waals surface area contributed by atoms with Gasteiger partial charge in [0, 0.05) is 30.1 Å². The van der Waals surface area contributed by atoms with Crippen molar-refractivity contribution in [1.29, 1.82) is 0 Å². The number of pyridine rings is 1. The second-order valence-corrected chi connectivity index (χ2v) is 4.91. The number of aryl methyl sites for hydroxylation is 1. The molecule has 100 valence electrons. The second kappa shape index (κ2) is 4.85. The maximum atomic E-state index is 13.9. The number of rotatable bonds is 1. The summed E-state index contributed by atoms with van der Waals surface area (Å²) in [6.45, 7) is 3.62. The number of halogens is 2. The first-order valence-corrected chi connectivity index (χ1v) is 6.70. The Morgan fingerprint density at radius 3 is 2.74 bits per heavy atom. The predicted octanol–water partition coefficient (Wildman–Crippen LogP) is 2.76. The van der Waals surface area contributed by atoms with E-state index in [0.29, 0.717) is 22.9 Å². The molecular weight excluding hydrogens is 246 g/mol. The summed E-state index contributed by atoms with van der Waals surface area (Å²) in [5.74, 6) is -1.04. The summed E-state index contributed by atoms with van der Waals surface area (Å²) in [5, 5.41) is 3.92. The zero-order chi connectivity index (χ0) is 13.4. The van der Waals surface area contributed by atoms with Gasteiger partial charge in [-0.25, -0.2) is 13.8 Å². The summed E-state index contributed by atoms with van der Waals surface area (Å²) in [6.07, 6.45) is 2.20. The Balaban J connectivity index is 2.31. The van der Waals surface area contributed by atoms with E-state index >= 15 is 0 Å². The van der Waals surface area contributed by atoms with Gasteiger partial charge in [0.25, 0.3) is 0 Å². The van der Waals surface area contributed by atoms with Gasteiger partial charge in [0.2, 0.25) is 0 Å². The third-order valence-corrected chi connectivity index (χ3v) is 3.75. The lowest BCUT2D eigenvalue weighted by atomic mass is 10.00. The minimum absolute atomic E-state index is 0.305. The van der Waals surface area contributed by atoms with Gasteiger partial charge in [0.05, 0.1) is 0 Å². The Morgan fingerprint density at radius 1 is 1.16 bits per heavy atom. The molecule has 0 saturated carbocycles. The van der Waals surface area contributed by atoms with Crippen molar-refractivity contribution in [2.45, 2.75) is 26.2 Å². The molecule has 19 heavy (non-hydrogen) atoms. The molecular formula is C15H16F2N2. The van der Waals surface area contributed by atoms with E-state index in [1.165, 1.54) is 0 Å². The largest absolute Gasteiger partial charge is 0.316 e. The number of benzene rings is 1. The van der Waals surface area contributed by atoms with E-state index in [4.69, 9.17) is 0 Å². The van der Waals surface area contributed by atoms with E-state index in [2.05, 4.69) is 10.3 Å². The van der Waals surface area contributed by atoms with Crippen molar-refractivity contribution in [2.24, 2.45) is 0 Å². The number of nitrogens with zero attached hydrogens (tertiary/aromatic N) is 1. The summed E-state index contributed by atoms with van der Waals surface area (Å²) in [4.78, 5) is 4.44. The molecule has 2 nitrogen and oxygen atoms in total. The van der Waals surface area contributed by atoms with Crippen molar-refractivity contribution in [3.05, 3.63) is 40.6 Å². The topological polar surface area (TPSA) is 24.9 Å². The Morgan fingerprint density at radius 2 is 1.95 bits per heavy atom. The standard InChI is InChI=1S/C15H16F2N2/c1-2-10-11-7-9-3-5-18-6-4-14(9)19-15(11)13(17)8-12(10)16/h7-8,18H,2-6H2,1H3. The smallest absolute Gasteiger partial charge is 0.152 e. The van der Waals surface area contributed by atoms with Crippen molar-refractivity contribution in [2.75, 3.05) is 13.1 Å². The van der Waals surface area contributed by atoms with Crippen molar-refractivity contribution >= 4 is 10.9 Å². The van der Waals surface area contributed by atoms with Crippen LogP contribution in [-0.2, 0) is 19.3 Å². The third-order valence-electron chi connectivity index (χ3n) is 3.75.